The molecule has 11 heteroatoms. The second-order valence-electron chi connectivity index (χ2n) is 8.81. The largest absolute Gasteiger partial charge is 0.435 e. The summed E-state index contributed by atoms with van der Waals surface area (Å²) in [6, 6.07) is 5.31. The predicted octanol–water partition coefficient (Wildman–Crippen LogP) is 2.74. The van der Waals surface area contributed by atoms with E-state index in [2.05, 4.69) is 15.4 Å². The summed E-state index contributed by atoms with van der Waals surface area (Å²) >= 11 is 0. The van der Waals surface area contributed by atoms with Crippen molar-refractivity contribution in [3.05, 3.63) is 53.3 Å². The Morgan fingerprint density at radius 2 is 1.94 bits per heavy atom. The van der Waals surface area contributed by atoms with E-state index in [1.165, 1.54) is 30.3 Å². The molecule has 0 spiro atoms. The summed E-state index contributed by atoms with van der Waals surface area (Å²) in [6.45, 7) is 2.19. The third kappa shape index (κ3) is 5.95. The zero-order chi connectivity index (χ0) is 24.6. The highest BCUT2D eigenvalue weighted by atomic mass is 32.2. The lowest BCUT2D eigenvalue weighted by atomic mass is 9.84. The maximum Gasteiger partial charge on any atom is 0.387 e. The fourth-order valence-corrected chi connectivity index (χ4v) is 6.03. The van der Waals surface area contributed by atoms with Crippen molar-refractivity contribution in [1.82, 2.24) is 10.6 Å². The Bertz CT molecular complexity index is 1100. The molecule has 1 saturated heterocycles. The molecule has 3 N–H and O–H groups in total. The molecule has 2 atom stereocenters. The first-order chi connectivity index (χ1) is 15.3. The van der Waals surface area contributed by atoms with Crippen LogP contribution in [-0.2, 0) is 14.6 Å². The molecule has 7 nitrogen and oxygen atoms in total. The van der Waals surface area contributed by atoms with Gasteiger partial charge in [0, 0.05) is 17.3 Å². The summed E-state index contributed by atoms with van der Waals surface area (Å²) in [6.07, 6.45) is 0.749. The first kappa shape index (κ1) is 24.8. The van der Waals surface area contributed by atoms with Gasteiger partial charge < -0.3 is 20.8 Å². The van der Waals surface area contributed by atoms with Gasteiger partial charge in [0.1, 0.15) is 11.9 Å². The Balaban J connectivity index is 1.85. The number of benzene rings is 1. The van der Waals surface area contributed by atoms with Crippen LogP contribution in [0.4, 0.5) is 13.2 Å². The first-order valence-corrected chi connectivity index (χ1v) is 12.1. The van der Waals surface area contributed by atoms with Crippen LogP contribution in [0, 0.1) is 11.3 Å². The second kappa shape index (κ2) is 9.20. The van der Waals surface area contributed by atoms with Gasteiger partial charge in [-0.25, -0.2) is 12.8 Å². The molecular weight excluding hydrogens is 459 g/mol. The number of ether oxygens (including phenoxy) is 1. The Morgan fingerprint density at radius 3 is 2.52 bits per heavy atom. The highest BCUT2D eigenvalue weighted by Gasteiger charge is 2.46. The molecule has 2 aliphatic rings. The van der Waals surface area contributed by atoms with Crippen LogP contribution >= 0.6 is 0 Å². The molecule has 1 aliphatic heterocycles. The summed E-state index contributed by atoms with van der Waals surface area (Å²) in [5.41, 5.74) is -0.603. The van der Waals surface area contributed by atoms with Gasteiger partial charge in [0.05, 0.1) is 28.7 Å². The Labute approximate surface area is 190 Å². The summed E-state index contributed by atoms with van der Waals surface area (Å²) in [7, 11) is -3.19. The number of carbonyl (C=O) groups excluding carboxylic acids is 1. The molecule has 1 aromatic rings. The van der Waals surface area contributed by atoms with Gasteiger partial charge in [0.25, 0.3) is 5.91 Å². The van der Waals surface area contributed by atoms with E-state index in [1.807, 2.05) is 13.8 Å². The van der Waals surface area contributed by atoms with Gasteiger partial charge in [-0.05, 0) is 50.6 Å². The van der Waals surface area contributed by atoms with E-state index in [9.17, 15) is 22.0 Å². The molecule has 33 heavy (non-hydrogen) atoms. The third-order valence-corrected chi connectivity index (χ3v) is 7.35. The van der Waals surface area contributed by atoms with Crippen molar-refractivity contribution in [2.45, 2.75) is 45.1 Å². The predicted molar refractivity (Wildman–Crippen MR) is 118 cm³/mol. The van der Waals surface area contributed by atoms with Crippen LogP contribution in [0.2, 0.25) is 0 Å². The maximum atomic E-state index is 15.3. The van der Waals surface area contributed by atoms with Gasteiger partial charge in [-0.2, -0.15) is 8.78 Å². The van der Waals surface area contributed by atoms with Crippen LogP contribution in [0.25, 0.3) is 0 Å². The normalized spacial score (nSPS) is 23.3. The standard InChI is InChI=1S/C22H26F3N3O4S/c1-12(2)27-17-9-14(20(29)28-22(3)10-33(30,31)11-22)8-16(23)18(17)19(26)13-5-4-6-15(7-13)32-21(24)25/h4-9,12,16,18,21,26-27H,10-11H2,1-3H3,(H,28,29). The fourth-order valence-electron chi connectivity index (χ4n) is 4.03. The lowest BCUT2D eigenvalue weighted by Gasteiger charge is -2.38. The summed E-state index contributed by atoms with van der Waals surface area (Å²) in [5, 5.41) is 14.3. The number of alkyl halides is 3. The Kier molecular flexibility index (Phi) is 6.92. The van der Waals surface area contributed by atoms with Gasteiger partial charge in [0.15, 0.2) is 9.84 Å². The summed E-state index contributed by atoms with van der Waals surface area (Å²) < 4.78 is 67.8. The van der Waals surface area contributed by atoms with E-state index in [-0.39, 0.29) is 45.8 Å². The molecule has 0 bridgehead atoms. The number of hydrogen-bond donors (Lipinski definition) is 3. The van der Waals surface area contributed by atoms with E-state index in [4.69, 9.17) is 5.41 Å². The molecule has 0 saturated carbocycles. The minimum atomic E-state index is -3.19. The van der Waals surface area contributed by atoms with Crippen molar-refractivity contribution >= 4 is 21.5 Å². The van der Waals surface area contributed by atoms with Crippen LogP contribution in [-0.4, -0.2) is 55.9 Å². The van der Waals surface area contributed by atoms with E-state index in [0.717, 1.165) is 6.08 Å². The molecule has 0 aromatic heterocycles. The second-order valence-corrected chi connectivity index (χ2v) is 10.9. The SMILES string of the molecule is CC(C)NC1=CC(C(=O)NC2(C)CS(=O)(=O)C2)=CC(F)C1C(=N)c1cccc(OC(F)F)c1. The summed E-state index contributed by atoms with van der Waals surface area (Å²) in [5.74, 6) is -2.26. The highest BCUT2D eigenvalue weighted by Crippen LogP contribution is 2.31. The third-order valence-electron chi connectivity index (χ3n) is 5.19. The number of hydrogen-bond acceptors (Lipinski definition) is 6. The van der Waals surface area contributed by atoms with Crippen LogP contribution in [0.15, 0.2) is 47.7 Å². The number of halogens is 3. The van der Waals surface area contributed by atoms with E-state index in [0.29, 0.717) is 0 Å². The Morgan fingerprint density at radius 1 is 1.27 bits per heavy atom. The van der Waals surface area contributed by atoms with Gasteiger partial charge in [-0.3, -0.25) is 4.79 Å². The smallest absolute Gasteiger partial charge is 0.387 e. The number of nitrogens with one attached hydrogen (secondary N) is 3. The van der Waals surface area contributed by atoms with Crippen LogP contribution in [0.3, 0.4) is 0 Å². The first-order valence-electron chi connectivity index (χ1n) is 10.3. The molecule has 1 aromatic carbocycles. The van der Waals surface area contributed by atoms with Crippen molar-refractivity contribution in [3.63, 3.8) is 0 Å². The number of sulfone groups is 1. The fraction of sp³-hybridized carbons (Fsp3) is 0.455. The van der Waals surface area contributed by atoms with Crippen molar-refractivity contribution < 1.29 is 31.1 Å². The quantitative estimate of drug-likeness (QED) is 0.491. The zero-order valence-corrected chi connectivity index (χ0v) is 19.2. The van der Waals surface area contributed by atoms with Gasteiger partial charge in [-0.1, -0.05) is 12.1 Å². The maximum absolute atomic E-state index is 15.3. The average molecular weight is 486 g/mol. The van der Waals surface area contributed by atoms with Gasteiger partial charge in [-0.15, -0.1) is 0 Å². The molecule has 1 amide bonds. The van der Waals surface area contributed by atoms with Crippen molar-refractivity contribution in [3.8, 4) is 5.75 Å². The van der Waals surface area contributed by atoms with E-state index < -0.39 is 40.0 Å². The lowest BCUT2D eigenvalue weighted by molar-refractivity contribution is -0.118. The van der Waals surface area contributed by atoms with Crippen LogP contribution in [0.1, 0.15) is 26.3 Å². The Hall–Kier alpha value is -2.82. The molecule has 0 radical (unpaired) electrons. The monoisotopic (exact) mass is 485 g/mol. The molecule has 1 aliphatic carbocycles. The molecule has 3 rings (SSSR count). The zero-order valence-electron chi connectivity index (χ0n) is 18.4. The average Bonchev–Trinajstić information content (AvgIpc) is 2.64. The van der Waals surface area contributed by atoms with Gasteiger partial charge in [0.2, 0.25) is 0 Å². The summed E-state index contributed by atoms with van der Waals surface area (Å²) in [4.78, 5) is 12.7. The van der Waals surface area contributed by atoms with Crippen LogP contribution in [0.5, 0.6) is 5.75 Å². The topological polar surface area (TPSA) is 108 Å². The van der Waals surface area contributed by atoms with Crippen molar-refractivity contribution in [2.75, 3.05) is 11.5 Å². The molecule has 1 fully saturated rings. The molecule has 1 heterocycles. The molecular formula is C22H26F3N3O4S. The van der Waals surface area contributed by atoms with E-state index >= 15 is 4.39 Å². The number of rotatable bonds is 8. The number of allylic oxidation sites excluding steroid dienone is 2. The minimum Gasteiger partial charge on any atom is -0.435 e. The lowest BCUT2D eigenvalue weighted by Crippen LogP contribution is -2.63. The minimum absolute atomic E-state index is 0.00927. The van der Waals surface area contributed by atoms with Crippen molar-refractivity contribution in [2.24, 2.45) is 5.92 Å². The highest BCUT2D eigenvalue weighted by molar-refractivity contribution is 7.93. The number of carbonyl (C=O) groups is 1. The van der Waals surface area contributed by atoms with Crippen LogP contribution < -0.4 is 15.4 Å². The van der Waals surface area contributed by atoms with Crippen molar-refractivity contribution in [1.29, 1.82) is 5.41 Å². The number of amides is 1. The molecule has 180 valence electrons. The molecule has 2 unspecified atom stereocenters. The van der Waals surface area contributed by atoms with E-state index in [1.54, 1.807) is 6.92 Å². The van der Waals surface area contributed by atoms with Gasteiger partial charge >= 0.3 is 6.61 Å².